The maximum absolute atomic E-state index is 12.5. The van der Waals surface area contributed by atoms with Crippen molar-refractivity contribution in [3.63, 3.8) is 0 Å². The van der Waals surface area contributed by atoms with E-state index in [1.54, 1.807) is 11.0 Å². The van der Waals surface area contributed by atoms with Crippen molar-refractivity contribution in [2.75, 3.05) is 37.6 Å². The van der Waals surface area contributed by atoms with Crippen molar-refractivity contribution in [3.8, 4) is 0 Å². The van der Waals surface area contributed by atoms with Crippen LogP contribution in [0.3, 0.4) is 0 Å². The molecule has 8 heteroatoms. The van der Waals surface area contributed by atoms with Crippen LogP contribution in [0, 0.1) is 0 Å². The normalized spacial score (nSPS) is 14.2. The SMILES string of the molecule is O=C(Cc1noc2ccccc12)NCC(=O)N1CCN(c2cccc(Cl)c2)CC1. The van der Waals surface area contributed by atoms with Gasteiger partial charge in [0.15, 0.2) is 5.58 Å². The number of piperazine rings is 1. The molecule has 0 radical (unpaired) electrons. The lowest BCUT2D eigenvalue weighted by Crippen LogP contribution is -2.51. The van der Waals surface area contributed by atoms with E-state index < -0.39 is 0 Å². The highest BCUT2D eigenvalue weighted by Gasteiger charge is 2.22. The summed E-state index contributed by atoms with van der Waals surface area (Å²) in [6.07, 6.45) is 0.0762. The number of amides is 2. The molecule has 1 saturated heterocycles. The van der Waals surface area contributed by atoms with Gasteiger partial charge in [0.1, 0.15) is 5.69 Å². The molecule has 0 saturated carbocycles. The van der Waals surface area contributed by atoms with Crippen molar-refractivity contribution in [2.24, 2.45) is 0 Å². The molecule has 1 N–H and O–H groups in total. The number of nitrogens with one attached hydrogen (secondary N) is 1. The van der Waals surface area contributed by atoms with Gasteiger partial charge in [0, 0.05) is 42.3 Å². The van der Waals surface area contributed by atoms with Crippen molar-refractivity contribution in [1.82, 2.24) is 15.4 Å². The molecule has 2 heterocycles. The molecular weight excluding hydrogens is 392 g/mol. The van der Waals surface area contributed by atoms with E-state index in [4.69, 9.17) is 16.1 Å². The van der Waals surface area contributed by atoms with Gasteiger partial charge < -0.3 is 19.6 Å². The average molecular weight is 413 g/mol. The number of hydrogen-bond acceptors (Lipinski definition) is 5. The average Bonchev–Trinajstić information content (AvgIpc) is 3.15. The van der Waals surface area contributed by atoms with Crippen LogP contribution in [0.5, 0.6) is 0 Å². The Balaban J connectivity index is 1.25. The van der Waals surface area contributed by atoms with E-state index in [1.807, 2.05) is 42.5 Å². The van der Waals surface area contributed by atoms with Gasteiger partial charge in [0.2, 0.25) is 11.8 Å². The summed E-state index contributed by atoms with van der Waals surface area (Å²) in [7, 11) is 0. The Morgan fingerprint density at radius 2 is 1.86 bits per heavy atom. The van der Waals surface area contributed by atoms with Crippen LogP contribution in [0.4, 0.5) is 5.69 Å². The molecule has 150 valence electrons. The highest BCUT2D eigenvalue weighted by atomic mass is 35.5. The molecule has 0 aliphatic carbocycles. The topological polar surface area (TPSA) is 78.7 Å². The summed E-state index contributed by atoms with van der Waals surface area (Å²) in [6.45, 7) is 2.64. The summed E-state index contributed by atoms with van der Waals surface area (Å²) in [5, 5.41) is 8.15. The number of para-hydroxylation sites is 1. The summed E-state index contributed by atoms with van der Waals surface area (Å²) >= 11 is 6.06. The van der Waals surface area contributed by atoms with Gasteiger partial charge in [-0.1, -0.05) is 35.0 Å². The van der Waals surface area contributed by atoms with Crippen molar-refractivity contribution in [2.45, 2.75) is 6.42 Å². The number of fused-ring (bicyclic) bond motifs is 1. The Hall–Kier alpha value is -3.06. The number of aromatic nitrogens is 1. The lowest BCUT2D eigenvalue weighted by molar-refractivity contribution is -0.133. The number of rotatable bonds is 5. The molecule has 1 aliphatic rings. The molecule has 1 fully saturated rings. The second-order valence-corrected chi connectivity index (χ2v) is 7.36. The number of benzene rings is 2. The Labute approximate surface area is 173 Å². The predicted molar refractivity (Wildman–Crippen MR) is 111 cm³/mol. The van der Waals surface area contributed by atoms with E-state index in [2.05, 4.69) is 15.4 Å². The predicted octanol–water partition coefficient (Wildman–Crippen LogP) is 2.49. The van der Waals surface area contributed by atoms with E-state index in [-0.39, 0.29) is 24.8 Å². The first-order valence-electron chi connectivity index (χ1n) is 9.48. The number of anilines is 1. The first-order valence-corrected chi connectivity index (χ1v) is 9.86. The third-order valence-electron chi connectivity index (χ3n) is 5.02. The smallest absolute Gasteiger partial charge is 0.242 e. The Morgan fingerprint density at radius 1 is 1.07 bits per heavy atom. The van der Waals surface area contributed by atoms with Gasteiger partial charge in [0.05, 0.1) is 13.0 Å². The highest BCUT2D eigenvalue weighted by molar-refractivity contribution is 6.30. The Bertz CT molecular complexity index is 1030. The third-order valence-corrected chi connectivity index (χ3v) is 5.26. The van der Waals surface area contributed by atoms with Crippen LogP contribution >= 0.6 is 11.6 Å². The van der Waals surface area contributed by atoms with E-state index in [0.717, 1.165) is 24.2 Å². The molecule has 0 atom stereocenters. The van der Waals surface area contributed by atoms with Gasteiger partial charge in [-0.15, -0.1) is 0 Å². The molecule has 29 heavy (non-hydrogen) atoms. The Kier molecular flexibility index (Phi) is 5.67. The highest BCUT2D eigenvalue weighted by Crippen LogP contribution is 2.21. The van der Waals surface area contributed by atoms with Gasteiger partial charge in [0.25, 0.3) is 0 Å². The van der Waals surface area contributed by atoms with E-state index in [0.29, 0.717) is 29.4 Å². The number of hydrogen-bond donors (Lipinski definition) is 1. The van der Waals surface area contributed by atoms with Gasteiger partial charge in [-0.25, -0.2) is 0 Å². The second kappa shape index (κ2) is 8.53. The molecule has 1 aliphatic heterocycles. The summed E-state index contributed by atoms with van der Waals surface area (Å²) in [6, 6.07) is 15.1. The number of carbonyl (C=O) groups excluding carboxylic acids is 2. The number of halogens is 1. The van der Waals surface area contributed by atoms with Crippen LogP contribution in [-0.4, -0.2) is 54.6 Å². The molecule has 4 rings (SSSR count). The van der Waals surface area contributed by atoms with Crippen LogP contribution in [0.25, 0.3) is 11.0 Å². The first kappa shape index (κ1) is 19.3. The summed E-state index contributed by atoms with van der Waals surface area (Å²) in [5.74, 6) is -0.343. The van der Waals surface area contributed by atoms with Gasteiger partial charge >= 0.3 is 0 Å². The zero-order valence-corrected chi connectivity index (χ0v) is 16.6. The fourth-order valence-electron chi connectivity index (χ4n) is 3.45. The molecule has 0 spiro atoms. The minimum atomic E-state index is -0.255. The lowest BCUT2D eigenvalue weighted by atomic mass is 10.1. The van der Waals surface area contributed by atoms with Crippen LogP contribution in [-0.2, 0) is 16.0 Å². The van der Waals surface area contributed by atoms with E-state index in [1.165, 1.54) is 0 Å². The second-order valence-electron chi connectivity index (χ2n) is 6.93. The molecule has 0 unspecified atom stereocenters. The van der Waals surface area contributed by atoms with Crippen molar-refractivity contribution < 1.29 is 14.1 Å². The maximum Gasteiger partial charge on any atom is 0.242 e. The lowest BCUT2D eigenvalue weighted by Gasteiger charge is -2.36. The fourth-order valence-corrected chi connectivity index (χ4v) is 3.64. The van der Waals surface area contributed by atoms with Crippen molar-refractivity contribution in [1.29, 1.82) is 0 Å². The van der Waals surface area contributed by atoms with Gasteiger partial charge in [-0.05, 0) is 30.3 Å². The first-order chi connectivity index (χ1) is 14.1. The molecule has 2 amide bonds. The zero-order valence-electron chi connectivity index (χ0n) is 15.8. The van der Waals surface area contributed by atoms with Crippen LogP contribution in [0.15, 0.2) is 53.1 Å². The fraction of sp³-hybridized carbons (Fsp3) is 0.286. The molecule has 0 bridgehead atoms. The number of nitrogens with zero attached hydrogens (tertiary/aromatic N) is 3. The van der Waals surface area contributed by atoms with Crippen molar-refractivity contribution in [3.05, 3.63) is 59.2 Å². The molecule has 7 nitrogen and oxygen atoms in total. The van der Waals surface area contributed by atoms with Gasteiger partial charge in [-0.3, -0.25) is 9.59 Å². The van der Waals surface area contributed by atoms with Gasteiger partial charge in [-0.2, -0.15) is 0 Å². The van der Waals surface area contributed by atoms with Crippen LogP contribution in [0.1, 0.15) is 5.69 Å². The molecule has 2 aromatic carbocycles. The minimum Gasteiger partial charge on any atom is -0.368 e. The molecular formula is C21H21ClN4O3. The minimum absolute atomic E-state index is 0.0220. The Morgan fingerprint density at radius 3 is 2.66 bits per heavy atom. The quantitative estimate of drug-likeness (QED) is 0.696. The maximum atomic E-state index is 12.5. The number of carbonyl (C=O) groups is 2. The van der Waals surface area contributed by atoms with Crippen LogP contribution < -0.4 is 10.2 Å². The summed E-state index contributed by atoms with van der Waals surface area (Å²) in [4.78, 5) is 28.6. The molecule has 3 aromatic rings. The zero-order chi connectivity index (χ0) is 20.2. The van der Waals surface area contributed by atoms with Crippen LogP contribution in [0.2, 0.25) is 5.02 Å². The third kappa shape index (κ3) is 4.51. The van der Waals surface area contributed by atoms with E-state index in [9.17, 15) is 9.59 Å². The van der Waals surface area contributed by atoms with Crippen molar-refractivity contribution >= 4 is 40.1 Å². The molecule has 1 aromatic heterocycles. The largest absolute Gasteiger partial charge is 0.368 e. The monoisotopic (exact) mass is 412 g/mol. The standard InChI is InChI=1S/C21H21ClN4O3/c22-15-4-3-5-16(12-15)25-8-10-26(11-9-25)21(28)14-23-20(27)13-18-17-6-1-2-7-19(17)29-24-18/h1-7,12H,8-11,13-14H2,(H,23,27). The summed E-state index contributed by atoms with van der Waals surface area (Å²) < 4.78 is 5.21. The summed E-state index contributed by atoms with van der Waals surface area (Å²) in [5.41, 5.74) is 2.27. The van der Waals surface area contributed by atoms with E-state index >= 15 is 0 Å².